The van der Waals surface area contributed by atoms with Crippen molar-refractivity contribution in [2.75, 3.05) is 0 Å². The Hall–Kier alpha value is -1.32. The summed E-state index contributed by atoms with van der Waals surface area (Å²) in [5.74, 6) is 0.531. The minimum absolute atomic E-state index is 0.215. The number of hydrogen-bond donors (Lipinski definition) is 2. The van der Waals surface area contributed by atoms with Gasteiger partial charge < -0.3 is 5.73 Å². The van der Waals surface area contributed by atoms with E-state index in [1.807, 2.05) is 6.20 Å². The van der Waals surface area contributed by atoms with Gasteiger partial charge in [0.2, 0.25) is 0 Å². The molecule has 0 bridgehead atoms. The van der Waals surface area contributed by atoms with E-state index in [2.05, 4.69) is 23.6 Å². The number of hydrogen-bond acceptors (Lipinski definition) is 2. The van der Waals surface area contributed by atoms with E-state index in [1.165, 1.54) is 11.3 Å². The smallest absolute Gasteiger partial charge is 0.0941 e. The van der Waals surface area contributed by atoms with Gasteiger partial charge in [0.05, 0.1) is 12.0 Å². The zero-order valence-electron chi connectivity index (χ0n) is 9.33. The summed E-state index contributed by atoms with van der Waals surface area (Å²) in [6.45, 7) is 4.26. The lowest BCUT2D eigenvalue weighted by Gasteiger charge is -2.23. The van der Waals surface area contributed by atoms with Crippen molar-refractivity contribution in [3.05, 3.63) is 17.5 Å². The van der Waals surface area contributed by atoms with E-state index in [0.717, 1.165) is 19.3 Å². The fourth-order valence-corrected chi connectivity index (χ4v) is 2.23. The third-order valence-electron chi connectivity index (χ3n) is 3.12. The van der Waals surface area contributed by atoms with Gasteiger partial charge in [0, 0.05) is 17.7 Å². The summed E-state index contributed by atoms with van der Waals surface area (Å²) in [5, 5.41) is 11.9. The lowest BCUT2D eigenvalue weighted by atomic mass is 9.87. The molecule has 3 N–H and O–H groups in total. The Kier molecular flexibility index (Phi) is 2.50. The van der Waals surface area contributed by atoms with Crippen molar-refractivity contribution in [3.8, 4) is 0 Å². The molecule has 0 amide bonds. The second-order valence-corrected chi connectivity index (χ2v) is 4.55. The molecule has 1 heterocycles. The Bertz CT molecular complexity index is 378. The van der Waals surface area contributed by atoms with E-state index in [1.54, 1.807) is 0 Å². The van der Waals surface area contributed by atoms with Crippen LogP contribution >= 0.6 is 0 Å². The number of nitrogens with two attached hydrogens (primary N) is 1. The highest BCUT2D eigenvalue weighted by Gasteiger charge is 2.24. The van der Waals surface area contributed by atoms with Crippen LogP contribution in [-0.4, -0.2) is 15.6 Å². The van der Waals surface area contributed by atoms with Gasteiger partial charge in [-0.15, -0.1) is 0 Å². The van der Waals surface area contributed by atoms with Gasteiger partial charge in [-0.1, -0.05) is 0 Å². The van der Waals surface area contributed by atoms with E-state index in [-0.39, 0.29) is 5.92 Å². The van der Waals surface area contributed by atoms with Crippen molar-refractivity contribution >= 4 is 5.84 Å². The van der Waals surface area contributed by atoms with Crippen LogP contribution in [0.15, 0.2) is 6.20 Å². The molecule has 0 spiro atoms. The van der Waals surface area contributed by atoms with E-state index in [0.29, 0.717) is 11.9 Å². The molecule has 0 saturated carbocycles. The number of amidine groups is 1. The maximum absolute atomic E-state index is 7.51. The molecule has 0 aromatic carbocycles. The maximum Gasteiger partial charge on any atom is 0.0941 e. The van der Waals surface area contributed by atoms with Crippen molar-refractivity contribution in [1.29, 1.82) is 5.41 Å². The minimum atomic E-state index is 0.215. The van der Waals surface area contributed by atoms with Crippen LogP contribution in [0.25, 0.3) is 0 Å². The summed E-state index contributed by atoms with van der Waals surface area (Å²) in [7, 11) is 0. The fraction of sp³-hybridized carbons (Fsp3) is 0.636. The van der Waals surface area contributed by atoms with Gasteiger partial charge in [-0.25, -0.2) is 0 Å². The molecule has 1 aliphatic carbocycles. The molecule has 2 rings (SSSR count). The lowest BCUT2D eigenvalue weighted by Crippen LogP contribution is -2.29. The predicted octanol–water partition coefficient (Wildman–Crippen LogP) is 1.50. The van der Waals surface area contributed by atoms with E-state index in [9.17, 15) is 0 Å². The summed E-state index contributed by atoms with van der Waals surface area (Å²) in [4.78, 5) is 0. The fourth-order valence-electron chi connectivity index (χ4n) is 2.23. The second kappa shape index (κ2) is 3.68. The molecular weight excluding hydrogens is 188 g/mol. The van der Waals surface area contributed by atoms with Crippen molar-refractivity contribution in [2.24, 2.45) is 11.7 Å². The van der Waals surface area contributed by atoms with Gasteiger partial charge in [-0.05, 0) is 38.7 Å². The Balaban J connectivity index is 2.30. The van der Waals surface area contributed by atoms with Crippen LogP contribution < -0.4 is 5.73 Å². The Morgan fingerprint density at radius 1 is 1.67 bits per heavy atom. The van der Waals surface area contributed by atoms with Crippen LogP contribution in [0.2, 0.25) is 0 Å². The van der Waals surface area contributed by atoms with E-state index < -0.39 is 0 Å². The Labute approximate surface area is 90.0 Å². The third kappa shape index (κ3) is 1.76. The molecule has 0 aliphatic heterocycles. The van der Waals surface area contributed by atoms with Crippen molar-refractivity contribution in [2.45, 2.75) is 39.2 Å². The zero-order chi connectivity index (χ0) is 11.0. The normalized spacial score (nSPS) is 20.3. The van der Waals surface area contributed by atoms with Crippen LogP contribution in [0.5, 0.6) is 0 Å². The van der Waals surface area contributed by atoms with E-state index in [4.69, 9.17) is 11.1 Å². The predicted molar refractivity (Wildman–Crippen MR) is 60.0 cm³/mol. The molecule has 4 heteroatoms. The Morgan fingerprint density at radius 3 is 3.00 bits per heavy atom. The highest BCUT2D eigenvalue weighted by atomic mass is 15.3. The Morgan fingerprint density at radius 2 is 2.40 bits per heavy atom. The molecule has 15 heavy (non-hydrogen) atoms. The first-order valence-electron chi connectivity index (χ1n) is 5.48. The first-order chi connectivity index (χ1) is 7.09. The highest BCUT2D eigenvalue weighted by Crippen LogP contribution is 2.26. The highest BCUT2D eigenvalue weighted by molar-refractivity contribution is 5.80. The zero-order valence-corrected chi connectivity index (χ0v) is 9.33. The molecule has 82 valence electrons. The second-order valence-electron chi connectivity index (χ2n) is 4.55. The molecule has 0 fully saturated rings. The molecular formula is C11H18N4. The average molecular weight is 206 g/mol. The minimum Gasteiger partial charge on any atom is -0.387 e. The third-order valence-corrected chi connectivity index (χ3v) is 3.12. The average Bonchev–Trinajstić information content (AvgIpc) is 2.59. The summed E-state index contributed by atoms with van der Waals surface area (Å²) >= 11 is 0. The van der Waals surface area contributed by atoms with Crippen molar-refractivity contribution in [3.63, 3.8) is 0 Å². The summed E-state index contributed by atoms with van der Waals surface area (Å²) in [6, 6.07) is 0.388. The van der Waals surface area contributed by atoms with Crippen molar-refractivity contribution < 1.29 is 0 Å². The SMILES string of the molecule is CC(C)n1ncc2c1C[C@@H](C(=N)N)CC2. The van der Waals surface area contributed by atoms with Gasteiger partial charge >= 0.3 is 0 Å². The molecule has 4 nitrogen and oxygen atoms in total. The molecule has 1 aromatic heterocycles. The number of rotatable bonds is 2. The number of aryl methyl sites for hydroxylation is 1. The van der Waals surface area contributed by atoms with Crippen LogP contribution in [0.3, 0.4) is 0 Å². The van der Waals surface area contributed by atoms with Crippen LogP contribution in [0, 0.1) is 11.3 Å². The summed E-state index contributed by atoms with van der Waals surface area (Å²) in [5.41, 5.74) is 8.18. The number of nitrogens with zero attached hydrogens (tertiary/aromatic N) is 2. The largest absolute Gasteiger partial charge is 0.387 e. The van der Waals surface area contributed by atoms with Crippen LogP contribution in [0.1, 0.15) is 37.6 Å². The molecule has 1 atom stereocenters. The number of nitrogens with one attached hydrogen (secondary N) is 1. The molecule has 0 radical (unpaired) electrons. The number of aromatic nitrogens is 2. The van der Waals surface area contributed by atoms with Crippen molar-refractivity contribution in [1.82, 2.24) is 9.78 Å². The first-order valence-corrected chi connectivity index (χ1v) is 5.48. The quantitative estimate of drug-likeness (QED) is 0.569. The van der Waals surface area contributed by atoms with Crippen LogP contribution in [-0.2, 0) is 12.8 Å². The lowest BCUT2D eigenvalue weighted by molar-refractivity contribution is 0.474. The first kappa shape index (κ1) is 10.2. The standard InChI is InChI=1S/C11H18N4/c1-7(2)15-10-5-8(11(12)13)3-4-9(10)6-14-15/h6-8H,3-5H2,1-2H3,(H3,12,13)/t8-/m0/s1. The monoisotopic (exact) mass is 206 g/mol. The maximum atomic E-state index is 7.51. The molecule has 0 saturated heterocycles. The topological polar surface area (TPSA) is 67.7 Å². The summed E-state index contributed by atoms with van der Waals surface area (Å²) in [6.07, 6.45) is 4.84. The summed E-state index contributed by atoms with van der Waals surface area (Å²) < 4.78 is 2.06. The van der Waals surface area contributed by atoms with Gasteiger partial charge in [0.1, 0.15) is 0 Å². The van der Waals surface area contributed by atoms with Gasteiger partial charge in [0.25, 0.3) is 0 Å². The van der Waals surface area contributed by atoms with Gasteiger partial charge in [-0.2, -0.15) is 5.10 Å². The van der Waals surface area contributed by atoms with Crippen LogP contribution in [0.4, 0.5) is 0 Å². The molecule has 1 aliphatic rings. The van der Waals surface area contributed by atoms with Gasteiger partial charge in [-0.3, -0.25) is 10.1 Å². The van der Waals surface area contributed by atoms with E-state index >= 15 is 0 Å². The van der Waals surface area contributed by atoms with Gasteiger partial charge in [0.15, 0.2) is 0 Å². The molecule has 0 unspecified atom stereocenters. The molecule has 1 aromatic rings. The number of fused-ring (bicyclic) bond motifs is 1.